The molecule has 4 nitrogen and oxygen atoms in total. The highest BCUT2D eigenvalue weighted by Crippen LogP contribution is 2.37. The molecule has 2 heterocycles. The third-order valence-electron chi connectivity index (χ3n) is 4.49. The zero-order valence-corrected chi connectivity index (χ0v) is 16.6. The lowest BCUT2D eigenvalue weighted by molar-refractivity contribution is 0.475. The Bertz CT molecular complexity index is 1130. The molecule has 0 unspecified atom stereocenters. The number of nitrogens with zero attached hydrogens (tertiary/aromatic N) is 2. The lowest BCUT2D eigenvalue weighted by Gasteiger charge is -2.14. The van der Waals surface area contributed by atoms with Crippen molar-refractivity contribution in [1.82, 2.24) is 9.97 Å². The van der Waals surface area contributed by atoms with E-state index < -0.39 is 0 Å². The topological polar surface area (TPSA) is 58.0 Å². The highest BCUT2D eigenvalue weighted by molar-refractivity contribution is 7.99. The summed E-state index contributed by atoms with van der Waals surface area (Å²) < 4.78 is 0. The van der Waals surface area contributed by atoms with Gasteiger partial charge in [0, 0.05) is 27.1 Å². The SMILES string of the molecule is CCc1ccc2c(Nc3cc(C)ccc3Sc3ccc(O)cc3)ccnc2n1. The molecule has 2 aromatic heterocycles. The number of hydrogen-bond donors (Lipinski definition) is 2. The Morgan fingerprint density at radius 1 is 0.964 bits per heavy atom. The van der Waals surface area contributed by atoms with E-state index in [4.69, 9.17) is 0 Å². The molecule has 0 aliphatic rings. The predicted octanol–water partition coefficient (Wildman–Crippen LogP) is 6.10. The standard InChI is InChI=1S/C23H21N3OS/c1-3-16-5-10-19-20(12-13-24-23(19)25-16)26-21-14-15(2)4-11-22(21)28-18-8-6-17(27)7-9-18/h4-14,27H,3H2,1-2H3,(H,24,25,26). The van der Waals surface area contributed by atoms with Crippen LogP contribution in [0.25, 0.3) is 11.0 Å². The van der Waals surface area contributed by atoms with Gasteiger partial charge >= 0.3 is 0 Å². The van der Waals surface area contributed by atoms with Gasteiger partial charge in [-0.25, -0.2) is 9.97 Å². The van der Waals surface area contributed by atoms with E-state index in [1.165, 1.54) is 5.56 Å². The molecule has 0 saturated carbocycles. The minimum absolute atomic E-state index is 0.272. The molecule has 0 saturated heterocycles. The Balaban J connectivity index is 1.70. The van der Waals surface area contributed by atoms with Gasteiger partial charge in [-0.05, 0) is 73.5 Å². The van der Waals surface area contributed by atoms with Gasteiger partial charge in [0.1, 0.15) is 5.75 Å². The maximum absolute atomic E-state index is 9.51. The first-order chi connectivity index (χ1) is 13.6. The fourth-order valence-electron chi connectivity index (χ4n) is 2.99. The van der Waals surface area contributed by atoms with Crippen molar-refractivity contribution >= 4 is 34.2 Å². The molecule has 28 heavy (non-hydrogen) atoms. The Morgan fingerprint density at radius 3 is 2.57 bits per heavy atom. The smallest absolute Gasteiger partial charge is 0.161 e. The largest absolute Gasteiger partial charge is 0.508 e. The molecule has 140 valence electrons. The van der Waals surface area contributed by atoms with Crippen LogP contribution >= 0.6 is 11.8 Å². The van der Waals surface area contributed by atoms with Gasteiger partial charge < -0.3 is 10.4 Å². The van der Waals surface area contributed by atoms with Crippen LogP contribution in [0.3, 0.4) is 0 Å². The van der Waals surface area contributed by atoms with E-state index in [0.717, 1.165) is 44.3 Å². The van der Waals surface area contributed by atoms with E-state index in [1.54, 1.807) is 30.1 Å². The molecule has 0 bridgehead atoms. The van der Waals surface area contributed by atoms with E-state index in [0.29, 0.717) is 0 Å². The van der Waals surface area contributed by atoms with Gasteiger partial charge in [-0.2, -0.15) is 0 Å². The molecule has 4 rings (SSSR count). The molecule has 0 atom stereocenters. The van der Waals surface area contributed by atoms with Gasteiger partial charge in [0.25, 0.3) is 0 Å². The number of aromatic nitrogens is 2. The van der Waals surface area contributed by atoms with Crippen molar-refractivity contribution in [3.63, 3.8) is 0 Å². The number of nitrogens with one attached hydrogen (secondary N) is 1. The van der Waals surface area contributed by atoms with Crippen LogP contribution in [0.1, 0.15) is 18.2 Å². The summed E-state index contributed by atoms with van der Waals surface area (Å²) in [6, 6.07) is 19.7. The minimum atomic E-state index is 0.272. The molecular formula is C23H21N3OS. The highest BCUT2D eigenvalue weighted by atomic mass is 32.2. The molecule has 5 heteroatoms. The summed E-state index contributed by atoms with van der Waals surface area (Å²) in [5, 5.41) is 14.1. The molecule has 0 fully saturated rings. The van der Waals surface area contributed by atoms with Crippen molar-refractivity contribution < 1.29 is 5.11 Å². The number of hydrogen-bond acceptors (Lipinski definition) is 5. The quantitative estimate of drug-likeness (QED) is 0.433. The second-order valence-corrected chi connectivity index (χ2v) is 7.72. The van der Waals surface area contributed by atoms with Gasteiger partial charge in [-0.3, -0.25) is 0 Å². The molecule has 4 aromatic rings. The molecule has 0 amide bonds. The Hall–Kier alpha value is -3.05. The average molecular weight is 388 g/mol. The van der Waals surface area contributed by atoms with Crippen molar-refractivity contribution in [3.05, 3.63) is 78.1 Å². The number of phenols is 1. The van der Waals surface area contributed by atoms with Crippen LogP contribution < -0.4 is 5.32 Å². The molecule has 2 N–H and O–H groups in total. The monoisotopic (exact) mass is 387 g/mol. The van der Waals surface area contributed by atoms with Gasteiger partial charge in [0.2, 0.25) is 0 Å². The van der Waals surface area contributed by atoms with Crippen molar-refractivity contribution in [2.45, 2.75) is 30.1 Å². The summed E-state index contributed by atoms with van der Waals surface area (Å²) >= 11 is 1.66. The maximum atomic E-state index is 9.51. The second-order valence-electron chi connectivity index (χ2n) is 6.61. The average Bonchev–Trinajstić information content (AvgIpc) is 2.71. The molecule has 0 aliphatic heterocycles. The molecular weight excluding hydrogens is 366 g/mol. The van der Waals surface area contributed by atoms with Gasteiger partial charge in [0.05, 0.1) is 11.4 Å². The third kappa shape index (κ3) is 3.94. The van der Waals surface area contributed by atoms with E-state index >= 15 is 0 Å². The molecule has 2 aromatic carbocycles. The van der Waals surface area contributed by atoms with Gasteiger partial charge in [-0.15, -0.1) is 0 Å². The zero-order chi connectivity index (χ0) is 19.5. The van der Waals surface area contributed by atoms with Crippen molar-refractivity contribution in [1.29, 1.82) is 0 Å². The summed E-state index contributed by atoms with van der Waals surface area (Å²) in [6.07, 6.45) is 2.68. The van der Waals surface area contributed by atoms with E-state index in [9.17, 15) is 5.11 Å². The van der Waals surface area contributed by atoms with Crippen molar-refractivity contribution in [2.24, 2.45) is 0 Å². The normalized spacial score (nSPS) is 10.9. The first-order valence-corrected chi connectivity index (χ1v) is 10.0. The second kappa shape index (κ2) is 7.90. The van der Waals surface area contributed by atoms with Crippen LogP contribution in [0, 0.1) is 6.92 Å². The Morgan fingerprint density at radius 2 is 1.79 bits per heavy atom. The minimum Gasteiger partial charge on any atom is -0.508 e. The fraction of sp³-hybridized carbons (Fsp3) is 0.130. The maximum Gasteiger partial charge on any atom is 0.161 e. The number of aromatic hydroxyl groups is 1. The number of rotatable bonds is 5. The first kappa shape index (κ1) is 18.3. The summed E-state index contributed by atoms with van der Waals surface area (Å²) in [4.78, 5) is 11.2. The zero-order valence-electron chi connectivity index (χ0n) is 15.8. The first-order valence-electron chi connectivity index (χ1n) is 9.21. The lowest BCUT2D eigenvalue weighted by atomic mass is 10.2. The number of fused-ring (bicyclic) bond motifs is 1. The number of aryl methyl sites for hydroxylation is 2. The van der Waals surface area contributed by atoms with E-state index in [1.807, 2.05) is 18.2 Å². The van der Waals surface area contributed by atoms with Gasteiger partial charge in [0.15, 0.2) is 5.65 Å². The highest BCUT2D eigenvalue weighted by Gasteiger charge is 2.09. The molecule has 0 aliphatic carbocycles. The number of pyridine rings is 2. The number of anilines is 2. The molecule has 0 spiro atoms. The van der Waals surface area contributed by atoms with Crippen molar-refractivity contribution in [2.75, 3.05) is 5.32 Å². The third-order valence-corrected chi connectivity index (χ3v) is 5.58. The Labute approximate surface area is 168 Å². The predicted molar refractivity (Wildman–Crippen MR) is 116 cm³/mol. The number of phenolic OH excluding ortho intramolecular Hbond substituents is 1. The van der Waals surface area contributed by atoms with E-state index in [-0.39, 0.29) is 5.75 Å². The van der Waals surface area contributed by atoms with Crippen LogP contribution in [0.4, 0.5) is 11.4 Å². The van der Waals surface area contributed by atoms with Crippen LogP contribution in [0.2, 0.25) is 0 Å². The Kier molecular flexibility index (Phi) is 5.17. The van der Waals surface area contributed by atoms with Crippen LogP contribution in [-0.2, 0) is 6.42 Å². The summed E-state index contributed by atoms with van der Waals surface area (Å²) in [5.41, 5.74) is 4.99. The number of benzene rings is 2. The molecule has 0 radical (unpaired) electrons. The summed E-state index contributed by atoms with van der Waals surface area (Å²) in [5.74, 6) is 0.272. The van der Waals surface area contributed by atoms with Gasteiger partial charge in [-0.1, -0.05) is 24.8 Å². The van der Waals surface area contributed by atoms with E-state index in [2.05, 4.69) is 59.5 Å². The fourth-order valence-corrected chi connectivity index (χ4v) is 3.87. The van der Waals surface area contributed by atoms with Crippen molar-refractivity contribution in [3.8, 4) is 5.75 Å². The summed E-state index contributed by atoms with van der Waals surface area (Å²) in [7, 11) is 0. The lowest BCUT2D eigenvalue weighted by Crippen LogP contribution is -1.97. The van der Waals surface area contributed by atoms with Crippen LogP contribution in [0.15, 0.2) is 76.7 Å². The van der Waals surface area contributed by atoms with Crippen LogP contribution in [0.5, 0.6) is 5.75 Å². The summed E-state index contributed by atoms with van der Waals surface area (Å²) in [6.45, 7) is 4.18. The van der Waals surface area contributed by atoms with Crippen LogP contribution in [-0.4, -0.2) is 15.1 Å².